The lowest BCUT2D eigenvalue weighted by Gasteiger charge is -2.36. The molecule has 0 saturated heterocycles. The van der Waals surface area contributed by atoms with E-state index in [1.807, 2.05) is 41.5 Å². The van der Waals surface area contributed by atoms with Crippen LogP contribution < -0.4 is 0 Å². The Kier molecular flexibility index (Phi) is 7.27. The highest BCUT2D eigenvalue weighted by molar-refractivity contribution is 5.69. The summed E-state index contributed by atoms with van der Waals surface area (Å²) in [5.74, 6) is 0.770. The highest BCUT2D eigenvalue weighted by atomic mass is 16.6. The number of nitrogens with zero attached hydrogens (tertiary/aromatic N) is 1. The van der Waals surface area contributed by atoms with Crippen molar-refractivity contribution in [3.8, 4) is 0 Å². The van der Waals surface area contributed by atoms with Crippen molar-refractivity contribution in [2.45, 2.75) is 72.6 Å². The average molecular weight is 335 g/mol. The molecule has 1 N–H and O–H groups in total. The van der Waals surface area contributed by atoms with Crippen LogP contribution >= 0.6 is 0 Å². The van der Waals surface area contributed by atoms with E-state index in [2.05, 4.69) is 13.2 Å². The standard InChI is InChI=1S/C20H33NO3/c1-9-18(22)17-10-16(12(2)3)11-19(15(17)8)24-20(23)21(13(4)5)14(6)7/h9,13-14,16-18,22H,1-2,10-11H2,3-8H3/t16-,17+,18-/m1/s1. The van der Waals surface area contributed by atoms with E-state index in [9.17, 15) is 9.90 Å². The topological polar surface area (TPSA) is 49.8 Å². The van der Waals surface area contributed by atoms with Crippen LogP contribution in [0, 0.1) is 11.8 Å². The fraction of sp³-hybridized carbons (Fsp3) is 0.650. The van der Waals surface area contributed by atoms with Gasteiger partial charge in [-0.2, -0.15) is 0 Å². The van der Waals surface area contributed by atoms with Gasteiger partial charge in [0.2, 0.25) is 0 Å². The number of amides is 1. The molecular weight excluding hydrogens is 302 g/mol. The van der Waals surface area contributed by atoms with Gasteiger partial charge in [-0.15, -0.1) is 6.58 Å². The summed E-state index contributed by atoms with van der Waals surface area (Å²) < 4.78 is 5.77. The second-order valence-electron chi connectivity index (χ2n) is 7.38. The van der Waals surface area contributed by atoms with Gasteiger partial charge in [-0.25, -0.2) is 4.79 Å². The SMILES string of the molecule is C=C[C@@H](O)[C@H]1C[C@@H](C(=C)C)CC(OC(=O)N(C(C)C)C(C)C)=C1C. The van der Waals surface area contributed by atoms with Crippen molar-refractivity contribution in [3.63, 3.8) is 0 Å². The van der Waals surface area contributed by atoms with Crippen molar-refractivity contribution in [1.82, 2.24) is 4.90 Å². The smallest absolute Gasteiger partial charge is 0.415 e. The molecule has 0 bridgehead atoms. The van der Waals surface area contributed by atoms with E-state index >= 15 is 0 Å². The van der Waals surface area contributed by atoms with E-state index in [0.29, 0.717) is 12.2 Å². The lowest BCUT2D eigenvalue weighted by molar-refractivity contribution is 0.0876. The van der Waals surface area contributed by atoms with Crippen LogP contribution in [0.1, 0.15) is 54.4 Å². The van der Waals surface area contributed by atoms with Crippen LogP contribution in [-0.4, -0.2) is 34.3 Å². The molecule has 4 heteroatoms. The van der Waals surface area contributed by atoms with Crippen molar-refractivity contribution < 1.29 is 14.6 Å². The normalized spacial score (nSPS) is 22.5. The first kappa shape index (κ1) is 20.5. The van der Waals surface area contributed by atoms with Gasteiger partial charge in [-0.3, -0.25) is 0 Å². The van der Waals surface area contributed by atoms with Crippen LogP contribution in [0.5, 0.6) is 0 Å². The molecule has 1 aliphatic rings. The Labute approximate surface area is 146 Å². The largest absolute Gasteiger partial charge is 0.415 e. The average Bonchev–Trinajstić information content (AvgIpc) is 2.47. The highest BCUT2D eigenvalue weighted by Crippen LogP contribution is 2.39. The monoisotopic (exact) mass is 335 g/mol. The lowest BCUT2D eigenvalue weighted by atomic mass is 9.75. The molecule has 0 aromatic carbocycles. The predicted octanol–water partition coefficient (Wildman–Crippen LogP) is 4.67. The molecule has 4 nitrogen and oxygen atoms in total. The molecule has 24 heavy (non-hydrogen) atoms. The third-order valence-corrected chi connectivity index (χ3v) is 4.85. The number of carbonyl (C=O) groups is 1. The summed E-state index contributed by atoms with van der Waals surface area (Å²) in [6.45, 7) is 19.6. The summed E-state index contributed by atoms with van der Waals surface area (Å²) in [6.07, 6.45) is 2.02. The molecule has 1 rings (SSSR count). The molecule has 3 atom stereocenters. The zero-order valence-electron chi connectivity index (χ0n) is 16.0. The maximum Gasteiger partial charge on any atom is 0.415 e. The number of ether oxygens (including phenoxy) is 1. The molecule has 0 saturated carbocycles. The third-order valence-electron chi connectivity index (χ3n) is 4.85. The number of rotatable bonds is 6. The van der Waals surface area contributed by atoms with E-state index in [4.69, 9.17) is 4.74 Å². The summed E-state index contributed by atoms with van der Waals surface area (Å²) in [4.78, 5) is 14.4. The van der Waals surface area contributed by atoms with Crippen LogP contribution in [0.15, 0.2) is 36.1 Å². The van der Waals surface area contributed by atoms with E-state index < -0.39 is 6.10 Å². The zero-order valence-corrected chi connectivity index (χ0v) is 16.0. The second-order valence-corrected chi connectivity index (χ2v) is 7.38. The highest BCUT2D eigenvalue weighted by Gasteiger charge is 2.34. The molecule has 0 aromatic heterocycles. The maximum absolute atomic E-state index is 12.6. The Balaban J connectivity index is 3.10. The molecule has 0 spiro atoms. The second kappa shape index (κ2) is 8.52. The number of hydrogen-bond acceptors (Lipinski definition) is 3. The van der Waals surface area contributed by atoms with Gasteiger partial charge in [0.05, 0.1) is 6.10 Å². The van der Waals surface area contributed by atoms with Crippen molar-refractivity contribution in [2.24, 2.45) is 11.8 Å². The number of carbonyl (C=O) groups excluding carboxylic acids is 1. The van der Waals surface area contributed by atoms with Crippen molar-refractivity contribution in [3.05, 3.63) is 36.1 Å². The third kappa shape index (κ3) is 4.73. The van der Waals surface area contributed by atoms with Gasteiger partial charge in [0.1, 0.15) is 5.76 Å². The summed E-state index contributed by atoms with van der Waals surface area (Å²) in [6, 6.07) is 0.127. The number of hydrogen-bond donors (Lipinski definition) is 1. The molecule has 0 heterocycles. The van der Waals surface area contributed by atoms with Crippen LogP contribution in [0.25, 0.3) is 0 Å². The van der Waals surface area contributed by atoms with Gasteiger partial charge >= 0.3 is 6.09 Å². The molecule has 0 aliphatic heterocycles. The first-order chi connectivity index (χ1) is 11.1. The van der Waals surface area contributed by atoms with Crippen LogP contribution in [0.4, 0.5) is 4.79 Å². The molecular formula is C20H33NO3. The Morgan fingerprint density at radius 2 is 1.88 bits per heavy atom. The molecule has 0 radical (unpaired) electrons. The summed E-state index contributed by atoms with van der Waals surface area (Å²) in [5, 5.41) is 10.3. The Bertz CT molecular complexity index is 511. The van der Waals surface area contributed by atoms with E-state index in [0.717, 1.165) is 17.6 Å². The first-order valence-electron chi connectivity index (χ1n) is 8.75. The number of aliphatic hydroxyl groups excluding tert-OH is 1. The van der Waals surface area contributed by atoms with E-state index in [-0.39, 0.29) is 30.0 Å². The van der Waals surface area contributed by atoms with Gasteiger partial charge in [-0.1, -0.05) is 18.2 Å². The molecule has 0 unspecified atom stereocenters. The Morgan fingerprint density at radius 3 is 2.29 bits per heavy atom. The quantitative estimate of drug-likeness (QED) is 0.718. The van der Waals surface area contributed by atoms with Gasteiger partial charge in [-0.05, 0) is 59.5 Å². The lowest BCUT2D eigenvalue weighted by Crippen LogP contribution is -2.42. The number of allylic oxidation sites excluding steroid dienone is 2. The van der Waals surface area contributed by atoms with Gasteiger partial charge in [0.15, 0.2) is 0 Å². The predicted molar refractivity (Wildman–Crippen MR) is 98.5 cm³/mol. The van der Waals surface area contributed by atoms with E-state index in [1.165, 1.54) is 0 Å². The van der Waals surface area contributed by atoms with Gasteiger partial charge in [0.25, 0.3) is 0 Å². The van der Waals surface area contributed by atoms with Crippen LogP contribution in [-0.2, 0) is 4.74 Å². The van der Waals surface area contributed by atoms with Crippen molar-refractivity contribution in [2.75, 3.05) is 0 Å². The van der Waals surface area contributed by atoms with Gasteiger partial charge in [0, 0.05) is 24.4 Å². The summed E-state index contributed by atoms with van der Waals surface area (Å²) in [5.41, 5.74) is 1.97. The Morgan fingerprint density at radius 1 is 1.33 bits per heavy atom. The first-order valence-corrected chi connectivity index (χ1v) is 8.75. The molecule has 0 fully saturated rings. The van der Waals surface area contributed by atoms with Crippen molar-refractivity contribution in [1.29, 1.82) is 0 Å². The van der Waals surface area contributed by atoms with Crippen LogP contribution in [0.2, 0.25) is 0 Å². The fourth-order valence-electron chi connectivity index (χ4n) is 3.39. The summed E-state index contributed by atoms with van der Waals surface area (Å²) >= 11 is 0. The Hall–Kier alpha value is -1.55. The molecule has 0 aromatic rings. The fourth-order valence-corrected chi connectivity index (χ4v) is 3.39. The minimum atomic E-state index is -0.646. The van der Waals surface area contributed by atoms with Crippen molar-refractivity contribution >= 4 is 6.09 Å². The van der Waals surface area contributed by atoms with E-state index in [1.54, 1.807) is 11.0 Å². The molecule has 1 aliphatic carbocycles. The van der Waals surface area contributed by atoms with Gasteiger partial charge < -0.3 is 14.7 Å². The zero-order chi connectivity index (χ0) is 18.6. The minimum absolute atomic E-state index is 0.0634. The van der Waals surface area contributed by atoms with Crippen LogP contribution in [0.3, 0.4) is 0 Å². The summed E-state index contributed by atoms with van der Waals surface area (Å²) in [7, 11) is 0. The molecule has 136 valence electrons. The molecule has 1 amide bonds. The number of aliphatic hydroxyl groups is 1. The maximum atomic E-state index is 12.6. The minimum Gasteiger partial charge on any atom is -0.415 e.